The highest BCUT2D eigenvalue weighted by atomic mass is 35.5. The minimum atomic E-state index is -1.15. The Morgan fingerprint density at radius 1 is 1.25 bits per heavy atom. The van der Waals surface area contributed by atoms with Gasteiger partial charge in [-0.25, -0.2) is 4.79 Å². The molecule has 7 nitrogen and oxygen atoms in total. The molecule has 2 amide bonds. The predicted octanol–water partition coefficient (Wildman–Crippen LogP) is 2.88. The molecule has 142 valence electrons. The maximum Gasteiger partial charge on any atom is 0.335 e. The van der Waals surface area contributed by atoms with Crippen LogP contribution < -0.4 is 15.0 Å². The molecule has 0 saturated carbocycles. The highest BCUT2D eigenvalue weighted by molar-refractivity contribution is 7.80. The van der Waals surface area contributed by atoms with Gasteiger partial charge in [0.2, 0.25) is 0 Å². The fourth-order valence-electron chi connectivity index (χ4n) is 2.64. The molecule has 1 aliphatic rings. The van der Waals surface area contributed by atoms with E-state index in [-0.39, 0.29) is 21.9 Å². The van der Waals surface area contributed by atoms with Gasteiger partial charge in [0.25, 0.3) is 11.8 Å². The summed E-state index contributed by atoms with van der Waals surface area (Å²) in [5.74, 6) is -2.10. The van der Waals surface area contributed by atoms with E-state index in [0.717, 1.165) is 4.90 Å². The van der Waals surface area contributed by atoms with Crippen LogP contribution in [0, 0.1) is 0 Å². The Morgan fingerprint density at radius 2 is 2.00 bits per heavy atom. The minimum Gasteiger partial charge on any atom is -0.496 e. The number of nitrogens with one attached hydrogen (secondary N) is 1. The molecule has 1 aliphatic heterocycles. The van der Waals surface area contributed by atoms with E-state index in [1.54, 1.807) is 18.2 Å². The summed E-state index contributed by atoms with van der Waals surface area (Å²) in [6, 6.07) is 10.5. The first kappa shape index (κ1) is 19.5. The largest absolute Gasteiger partial charge is 0.496 e. The Morgan fingerprint density at radius 3 is 2.68 bits per heavy atom. The Hall–Kier alpha value is -3.23. The molecule has 2 aromatic rings. The quantitative estimate of drug-likeness (QED) is 0.452. The summed E-state index contributed by atoms with van der Waals surface area (Å²) in [7, 11) is 1.45. The summed E-state index contributed by atoms with van der Waals surface area (Å²) in [6.07, 6.45) is 1.35. The normalized spacial score (nSPS) is 15.6. The molecule has 0 aromatic heterocycles. The van der Waals surface area contributed by atoms with Gasteiger partial charge in [-0.15, -0.1) is 0 Å². The first-order valence-electron chi connectivity index (χ1n) is 7.90. The van der Waals surface area contributed by atoms with Gasteiger partial charge in [0.05, 0.1) is 18.4 Å². The van der Waals surface area contributed by atoms with E-state index in [9.17, 15) is 14.4 Å². The molecule has 1 fully saturated rings. The standard InChI is InChI=1S/C19H13ClN2O5S/c1-27-15-6-5-12(20)7-11(15)9-14-16(23)21-19(28)22(17(14)24)13-4-2-3-10(8-13)18(25)26/h2-9H,1H3,(H,25,26)(H,21,23,28). The smallest absolute Gasteiger partial charge is 0.335 e. The van der Waals surface area contributed by atoms with E-state index >= 15 is 0 Å². The molecule has 0 radical (unpaired) electrons. The number of halogens is 1. The van der Waals surface area contributed by atoms with Crippen LogP contribution in [0.25, 0.3) is 6.08 Å². The Labute approximate surface area is 170 Å². The van der Waals surface area contributed by atoms with Crippen LogP contribution in [0.4, 0.5) is 5.69 Å². The third-order valence-corrected chi connectivity index (χ3v) is 4.46. The summed E-state index contributed by atoms with van der Waals surface area (Å²) < 4.78 is 5.24. The molecule has 0 unspecified atom stereocenters. The lowest BCUT2D eigenvalue weighted by Crippen LogP contribution is -2.54. The van der Waals surface area contributed by atoms with Crippen molar-refractivity contribution in [3.63, 3.8) is 0 Å². The van der Waals surface area contributed by atoms with Gasteiger partial charge < -0.3 is 9.84 Å². The first-order chi connectivity index (χ1) is 13.3. The van der Waals surface area contributed by atoms with Crippen LogP contribution in [0.1, 0.15) is 15.9 Å². The number of anilines is 1. The number of nitrogens with zero attached hydrogens (tertiary/aromatic N) is 1. The number of carbonyl (C=O) groups excluding carboxylic acids is 2. The van der Waals surface area contributed by atoms with Crippen molar-refractivity contribution in [3.8, 4) is 5.75 Å². The number of rotatable bonds is 4. The van der Waals surface area contributed by atoms with Gasteiger partial charge in [-0.3, -0.25) is 19.8 Å². The zero-order chi connectivity index (χ0) is 20.4. The molecule has 1 heterocycles. The average molecular weight is 417 g/mol. The van der Waals surface area contributed by atoms with Crippen molar-refractivity contribution in [1.82, 2.24) is 5.32 Å². The average Bonchev–Trinajstić information content (AvgIpc) is 2.65. The van der Waals surface area contributed by atoms with Crippen molar-refractivity contribution in [2.75, 3.05) is 12.0 Å². The minimum absolute atomic E-state index is 0.0213. The summed E-state index contributed by atoms with van der Waals surface area (Å²) in [5.41, 5.74) is 0.432. The topological polar surface area (TPSA) is 95.9 Å². The lowest BCUT2D eigenvalue weighted by atomic mass is 10.1. The number of ether oxygens (including phenoxy) is 1. The van der Waals surface area contributed by atoms with E-state index in [4.69, 9.17) is 33.7 Å². The fourth-order valence-corrected chi connectivity index (χ4v) is 3.11. The number of methoxy groups -OCH3 is 1. The van der Waals surface area contributed by atoms with Crippen LogP contribution in [0.3, 0.4) is 0 Å². The molecule has 1 saturated heterocycles. The number of carboxylic acids is 1. The first-order valence-corrected chi connectivity index (χ1v) is 8.69. The summed E-state index contributed by atoms with van der Waals surface area (Å²) in [5, 5.41) is 11.9. The molecule has 2 N–H and O–H groups in total. The van der Waals surface area contributed by atoms with Gasteiger partial charge >= 0.3 is 5.97 Å². The zero-order valence-electron chi connectivity index (χ0n) is 14.4. The van der Waals surface area contributed by atoms with Crippen molar-refractivity contribution >= 4 is 58.5 Å². The lowest BCUT2D eigenvalue weighted by Gasteiger charge is -2.29. The van der Waals surface area contributed by atoms with E-state index in [1.165, 1.54) is 37.5 Å². The molecular formula is C19H13ClN2O5S. The van der Waals surface area contributed by atoms with Crippen molar-refractivity contribution in [1.29, 1.82) is 0 Å². The molecule has 0 spiro atoms. The van der Waals surface area contributed by atoms with Gasteiger partial charge in [-0.1, -0.05) is 17.7 Å². The lowest BCUT2D eigenvalue weighted by molar-refractivity contribution is -0.122. The molecule has 2 aromatic carbocycles. The van der Waals surface area contributed by atoms with Gasteiger partial charge in [0.15, 0.2) is 5.11 Å². The molecular weight excluding hydrogens is 404 g/mol. The van der Waals surface area contributed by atoms with Gasteiger partial charge in [-0.05, 0) is 54.7 Å². The summed E-state index contributed by atoms with van der Waals surface area (Å²) in [4.78, 5) is 37.7. The highest BCUT2D eigenvalue weighted by Gasteiger charge is 2.35. The van der Waals surface area contributed by atoms with Crippen LogP contribution in [0.15, 0.2) is 48.0 Å². The number of hydrogen-bond donors (Lipinski definition) is 2. The van der Waals surface area contributed by atoms with Crippen molar-refractivity contribution < 1.29 is 24.2 Å². The SMILES string of the molecule is COc1ccc(Cl)cc1C=C1C(=O)NC(=S)N(c2cccc(C(=O)O)c2)C1=O. The molecule has 0 atom stereocenters. The molecule has 0 bridgehead atoms. The molecule has 28 heavy (non-hydrogen) atoms. The Balaban J connectivity index is 2.07. The second-order valence-corrected chi connectivity index (χ2v) is 6.52. The number of aromatic carboxylic acids is 1. The monoisotopic (exact) mass is 416 g/mol. The van der Waals surface area contributed by atoms with Gasteiger partial charge in [-0.2, -0.15) is 0 Å². The second kappa shape index (κ2) is 7.79. The second-order valence-electron chi connectivity index (χ2n) is 5.70. The van der Waals surface area contributed by atoms with Gasteiger partial charge in [0.1, 0.15) is 11.3 Å². The maximum atomic E-state index is 13.0. The number of carboxylic acid groups (broad SMARTS) is 1. The predicted molar refractivity (Wildman–Crippen MR) is 108 cm³/mol. The van der Waals surface area contributed by atoms with E-state index in [1.807, 2.05) is 0 Å². The number of amides is 2. The molecule has 0 aliphatic carbocycles. The van der Waals surface area contributed by atoms with Crippen LogP contribution in [0.5, 0.6) is 5.75 Å². The zero-order valence-corrected chi connectivity index (χ0v) is 16.0. The van der Waals surface area contributed by atoms with Crippen LogP contribution in [-0.4, -0.2) is 35.1 Å². The van der Waals surface area contributed by atoms with Crippen LogP contribution in [0.2, 0.25) is 5.02 Å². The number of thiocarbonyl (C=S) groups is 1. The Bertz CT molecular complexity index is 1050. The summed E-state index contributed by atoms with van der Waals surface area (Å²) >= 11 is 11.1. The van der Waals surface area contributed by atoms with Gasteiger partial charge in [0, 0.05) is 10.6 Å². The molecule has 9 heteroatoms. The van der Waals surface area contributed by atoms with Crippen LogP contribution >= 0.6 is 23.8 Å². The van der Waals surface area contributed by atoms with Crippen LogP contribution in [-0.2, 0) is 9.59 Å². The van der Waals surface area contributed by atoms with Crippen molar-refractivity contribution in [2.45, 2.75) is 0 Å². The van der Waals surface area contributed by atoms with Crippen molar-refractivity contribution in [2.24, 2.45) is 0 Å². The van der Waals surface area contributed by atoms with E-state index in [0.29, 0.717) is 16.3 Å². The third kappa shape index (κ3) is 3.73. The fraction of sp³-hybridized carbons (Fsp3) is 0.0526. The Kier molecular flexibility index (Phi) is 5.43. The highest BCUT2D eigenvalue weighted by Crippen LogP contribution is 2.28. The number of carbonyl (C=O) groups is 3. The third-order valence-electron chi connectivity index (χ3n) is 3.94. The number of hydrogen-bond acceptors (Lipinski definition) is 5. The van der Waals surface area contributed by atoms with E-state index in [2.05, 4.69) is 5.32 Å². The van der Waals surface area contributed by atoms with Crippen molar-refractivity contribution in [3.05, 3.63) is 64.2 Å². The summed E-state index contributed by atoms with van der Waals surface area (Å²) in [6.45, 7) is 0. The maximum absolute atomic E-state index is 13.0. The molecule has 3 rings (SSSR count). The number of benzene rings is 2. The van der Waals surface area contributed by atoms with E-state index < -0.39 is 17.8 Å².